The smallest absolute Gasteiger partial charge is 0.250 e. The third-order valence-electron chi connectivity index (χ3n) is 4.59. The highest BCUT2D eigenvalue weighted by atomic mass is 16.1. The van der Waals surface area contributed by atoms with E-state index in [0.29, 0.717) is 16.6 Å². The molecular weight excluding hydrogens is 300 g/mol. The van der Waals surface area contributed by atoms with Crippen LogP contribution in [0.5, 0.6) is 0 Å². The normalized spacial score (nSPS) is 15.2. The Bertz CT molecular complexity index is 893. The number of fused-ring (bicyclic) bond motifs is 1. The first-order chi connectivity index (χ1) is 11.7. The monoisotopic (exact) mass is 319 g/mol. The van der Waals surface area contributed by atoms with Crippen molar-refractivity contribution in [2.24, 2.45) is 5.73 Å². The number of aromatic nitrogens is 2. The molecule has 2 aromatic heterocycles. The molecule has 5 nitrogen and oxygen atoms in total. The summed E-state index contributed by atoms with van der Waals surface area (Å²) in [5, 5.41) is 0.643. The van der Waals surface area contributed by atoms with Gasteiger partial charge in [-0.2, -0.15) is 0 Å². The van der Waals surface area contributed by atoms with Crippen LogP contribution in [0.15, 0.2) is 36.7 Å². The maximum absolute atomic E-state index is 12.0. The number of hydrogen-bond acceptors (Lipinski definition) is 3. The highest BCUT2D eigenvalue weighted by Gasteiger charge is 2.17. The second-order valence-corrected chi connectivity index (χ2v) is 6.25. The predicted molar refractivity (Wildman–Crippen MR) is 93.4 cm³/mol. The average Bonchev–Trinajstić information content (AvgIpc) is 3.25. The van der Waals surface area contributed by atoms with E-state index in [1.54, 1.807) is 12.4 Å². The Morgan fingerprint density at radius 2 is 2.17 bits per heavy atom. The number of nitrogens with two attached hydrogens (primary N) is 1. The number of nitrogens with one attached hydrogen (secondary N) is 1. The summed E-state index contributed by atoms with van der Waals surface area (Å²) in [7, 11) is 0. The number of primary amides is 1. The van der Waals surface area contributed by atoms with E-state index in [0.717, 1.165) is 30.8 Å². The van der Waals surface area contributed by atoms with Gasteiger partial charge in [0.2, 0.25) is 5.91 Å². The van der Waals surface area contributed by atoms with Crippen LogP contribution in [0.2, 0.25) is 0 Å². The Morgan fingerprint density at radius 3 is 2.96 bits per heavy atom. The van der Waals surface area contributed by atoms with Gasteiger partial charge >= 0.3 is 0 Å². The molecule has 1 radical (unpaired) electrons. The molecule has 3 aromatic rings. The molecule has 0 atom stereocenters. The Kier molecular flexibility index (Phi) is 3.78. The number of hydrogen-bond donors (Lipinski definition) is 2. The number of amides is 1. The van der Waals surface area contributed by atoms with Gasteiger partial charge in [0.1, 0.15) is 5.65 Å². The number of H-pyrrole nitrogens is 1. The van der Waals surface area contributed by atoms with Crippen molar-refractivity contribution in [1.82, 2.24) is 14.9 Å². The van der Waals surface area contributed by atoms with Gasteiger partial charge in [-0.05, 0) is 43.1 Å². The van der Waals surface area contributed by atoms with Gasteiger partial charge in [0.25, 0.3) is 0 Å². The summed E-state index contributed by atoms with van der Waals surface area (Å²) in [5.41, 5.74) is 9.70. The van der Waals surface area contributed by atoms with Gasteiger partial charge in [0, 0.05) is 36.0 Å². The molecule has 0 saturated carbocycles. The zero-order valence-corrected chi connectivity index (χ0v) is 13.4. The third kappa shape index (κ3) is 2.67. The van der Waals surface area contributed by atoms with Crippen molar-refractivity contribution in [2.75, 3.05) is 13.1 Å². The number of rotatable bonds is 4. The number of benzene rings is 1. The van der Waals surface area contributed by atoms with Crippen LogP contribution in [-0.4, -0.2) is 33.9 Å². The second kappa shape index (κ2) is 6.09. The third-order valence-corrected chi connectivity index (χ3v) is 4.59. The summed E-state index contributed by atoms with van der Waals surface area (Å²) < 4.78 is 0. The summed E-state index contributed by atoms with van der Waals surface area (Å²) >= 11 is 0. The van der Waals surface area contributed by atoms with Gasteiger partial charge in [0.15, 0.2) is 0 Å². The van der Waals surface area contributed by atoms with Gasteiger partial charge < -0.3 is 10.7 Å². The lowest BCUT2D eigenvalue weighted by Gasteiger charge is -2.15. The average molecular weight is 319 g/mol. The first kappa shape index (κ1) is 14.9. The number of carbonyl (C=O) groups excluding carboxylic acids is 1. The van der Waals surface area contributed by atoms with Crippen molar-refractivity contribution in [3.05, 3.63) is 53.9 Å². The summed E-state index contributed by atoms with van der Waals surface area (Å²) in [6.07, 6.45) is 5.91. The number of likely N-dealkylation sites (tertiary alicyclic amines) is 1. The van der Waals surface area contributed by atoms with Crippen LogP contribution in [0.3, 0.4) is 0 Å². The van der Waals surface area contributed by atoms with Crippen LogP contribution in [-0.2, 0) is 6.54 Å². The Balaban J connectivity index is 1.76. The molecule has 1 aliphatic rings. The van der Waals surface area contributed by atoms with Crippen LogP contribution >= 0.6 is 0 Å². The minimum atomic E-state index is -0.460. The van der Waals surface area contributed by atoms with E-state index in [9.17, 15) is 4.79 Å². The Hall–Kier alpha value is -2.66. The SMILES string of the molecule is NC(=O)c1c(-c2cccc(CN3CCCC3)c2)cnc2[nH]c[c]c12. The lowest BCUT2D eigenvalue weighted by Crippen LogP contribution is -2.18. The molecule has 4 rings (SSSR count). The molecule has 1 amide bonds. The van der Waals surface area contributed by atoms with Crippen molar-refractivity contribution in [3.63, 3.8) is 0 Å². The van der Waals surface area contributed by atoms with Crippen molar-refractivity contribution in [3.8, 4) is 11.1 Å². The lowest BCUT2D eigenvalue weighted by atomic mass is 9.97. The van der Waals surface area contributed by atoms with E-state index in [1.807, 2.05) is 12.1 Å². The van der Waals surface area contributed by atoms with E-state index in [2.05, 4.69) is 33.1 Å². The van der Waals surface area contributed by atoms with E-state index < -0.39 is 5.91 Å². The molecule has 3 N–H and O–H groups in total. The van der Waals surface area contributed by atoms with Crippen LogP contribution in [0.25, 0.3) is 22.2 Å². The highest BCUT2D eigenvalue weighted by Crippen LogP contribution is 2.29. The Morgan fingerprint density at radius 1 is 1.33 bits per heavy atom. The quantitative estimate of drug-likeness (QED) is 0.776. The lowest BCUT2D eigenvalue weighted by molar-refractivity contribution is 0.100. The molecule has 1 saturated heterocycles. The molecule has 24 heavy (non-hydrogen) atoms. The molecular formula is C19H19N4O. The van der Waals surface area contributed by atoms with E-state index in [4.69, 9.17) is 5.73 Å². The van der Waals surface area contributed by atoms with Gasteiger partial charge in [-0.25, -0.2) is 4.98 Å². The van der Waals surface area contributed by atoms with Gasteiger partial charge in [0.05, 0.1) is 5.56 Å². The molecule has 0 bridgehead atoms. The zero-order valence-electron chi connectivity index (χ0n) is 13.4. The molecule has 1 aromatic carbocycles. The van der Waals surface area contributed by atoms with Crippen molar-refractivity contribution in [2.45, 2.75) is 19.4 Å². The zero-order chi connectivity index (χ0) is 16.5. The molecule has 0 unspecified atom stereocenters. The van der Waals surface area contributed by atoms with E-state index >= 15 is 0 Å². The summed E-state index contributed by atoms with van der Waals surface area (Å²) in [5.74, 6) is -0.460. The fourth-order valence-electron chi connectivity index (χ4n) is 3.45. The van der Waals surface area contributed by atoms with Crippen LogP contribution < -0.4 is 5.73 Å². The van der Waals surface area contributed by atoms with Crippen molar-refractivity contribution < 1.29 is 4.79 Å². The van der Waals surface area contributed by atoms with Gasteiger partial charge in [-0.1, -0.05) is 18.2 Å². The summed E-state index contributed by atoms with van der Waals surface area (Å²) in [6.45, 7) is 3.25. The maximum Gasteiger partial charge on any atom is 0.250 e. The Labute approximate surface area is 140 Å². The predicted octanol–water partition coefficient (Wildman–Crippen LogP) is 2.72. The molecule has 1 fully saturated rings. The molecule has 3 heterocycles. The van der Waals surface area contributed by atoms with Crippen LogP contribution in [0, 0.1) is 6.07 Å². The fourth-order valence-corrected chi connectivity index (χ4v) is 3.45. The molecule has 121 valence electrons. The first-order valence-electron chi connectivity index (χ1n) is 8.21. The molecule has 1 aliphatic heterocycles. The van der Waals surface area contributed by atoms with Gasteiger partial charge in [-0.15, -0.1) is 0 Å². The van der Waals surface area contributed by atoms with E-state index in [1.165, 1.54) is 18.4 Å². The van der Waals surface area contributed by atoms with E-state index in [-0.39, 0.29) is 0 Å². The molecule has 0 aliphatic carbocycles. The minimum Gasteiger partial charge on any atom is -0.366 e. The maximum atomic E-state index is 12.0. The number of carbonyl (C=O) groups is 1. The summed E-state index contributed by atoms with van der Waals surface area (Å²) in [4.78, 5) is 21.8. The van der Waals surface area contributed by atoms with Crippen LogP contribution in [0.1, 0.15) is 28.8 Å². The second-order valence-electron chi connectivity index (χ2n) is 6.25. The van der Waals surface area contributed by atoms with Crippen molar-refractivity contribution >= 4 is 16.9 Å². The largest absolute Gasteiger partial charge is 0.366 e. The summed E-state index contributed by atoms with van der Waals surface area (Å²) in [6, 6.07) is 11.3. The molecule has 5 heteroatoms. The number of nitrogens with zero attached hydrogens (tertiary/aromatic N) is 2. The molecule has 0 spiro atoms. The number of aromatic amines is 1. The standard InChI is InChI=1S/C19H19N4O/c20-18(24)17-15-6-7-21-19(15)22-11-16(17)14-5-3-4-13(10-14)12-23-8-1-2-9-23/h3-5,7,10-11H,1-2,8-9,12H2,(H2,20,24)(H,21,22). The van der Waals surface area contributed by atoms with Crippen molar-refractivity contribution in [1.29, 1.82) is 0 Å². The first-order valence-corrected chi connectivity index (χ1v) is 8.21. The highest BCUT2D eigenvalue weighted by molar-refractivity contribution is 6.10. The van der Waals surface area contributed by atoms with Crippen LogP contribution in [0.4, 0.5) is 0 Å². The minimum absolute atomic E-state index is 0.460. The van der Waals surface area contributed by atoms with Gasteiger partial charge in [-0.3, -0.25) is 9.69 Å². The fraction of sp³-hybridized carbons (Fsp3) is 0.263. The topological polar surface area (TPSA) is 75.0 Å². The number of pyridine rings is 1.